The Morgan fingerprint density at radius 2 is 1.57 bits per heavy atom. The number of piperidine rings is 1. The van der Waals surface area contributed by atoms with Gasteiger partial charge in [0, 0.05) is 76.4 Å². The molecule has 0 radical (unpaired) electrons. The first-order valence-electron chi connectivity index (χ1n) is 17.7. The molecule has 49 heavy (non-hydrogen) atoms. The number of aromatic nitrogens is 4. The highest BCUT2D eigenvalue weighted by atomic mass is 28.3. The molecule has 0 aliphatic carbocycles. The number of rotatable bonds is 14. The fraction of sp³-hybridized carbons (Fsp3) is 0.639. The van der Waals surface area contributed by atoms with Gasteiger partial charge in [0.15, 0.2) is 11.9 Å². The van der Waals surface area contributed by atoms with Crippen LogP contribution in [-0.4, -0.2) is 97.4 Å². The fourth-order valence-corrected chi connectivity index (χ4v) is 8.06. The average Bonchev–Trinajstić information content (AvgIpc) is 3.56. The Balaban J connectivity index is 1.51. The molecule has 11 nitrogen and oxygen atoms in total. The number of hydrogen-bond acceptors (Lipinski definition) is 9. The molecule has 3 aromatic rings. The van der Waals surface area contributed by atoms with E-state index in [1.807, 2.05) is 42.4 Å². The summed E-state index contributed by atoms with van der Waals surface area (Å²) in [5, 5.41) is 4.84. The smallest absolute Gasteiger partial charge is 0.410 e. The third-order valence-corrected chi connectivity index (χ3v) is 12.7. The van der Waals surface area contributed by atoms with E-state index < -0.39 is 21.7 Å². The minimum absolute atomic E-state index is 0.107. The summed E-state index contributed by atoms with van der Waals surface area (Å²) in [6.45, 7) is 22.0. The molecule has 3 aromatic heterocycles. The van der Waals surface area contributed by atoms with E-state index in [-0.39, 0.29) is 24.1 Å². The van der Waals surface area contributed by atoms with Crippen LogP contribution in [-0.2, 0) is 14.2 Å². The predicted octanol–water partition coefficient (Wildman–Crippen LogP) is 7.68. The Kier molecular flexibility index (Phi) is 11.4. The zero-order chi connectivity index (χ0) is 35.6. The Morgan fingerprint density at radius 1 is 0.959 bits per heavy atom. The number of aldehydes is 1. The summed E-state index contributed by atoms with van der Waals surface area (Å²) in [5.41, 5.74) is 3.19. The van der Waals surface area contributed by atoms with Gasteiger partial charge in [-0.3, -0.25) is 9.78 Å². The van der Waals surface area contributed by atoms with Crippen molar-refractivity contribution in [2.45, 2.75) is 121 Å². The van der Waals surface area contributed by atoms with E-state index in [2.05, 4.69) is 55.2 Å². The zero-order valence-electron chi connectivity index (χ0n) is 31.0. The summed E-state index contributed by atoms with van der Waals surface area (Å²) < 4.78 is 20.3. The van der Waals surface area contributed by atoms with Crippen LogP contribution < -0.4 is 4.90 Å². The van der Waals surface area contributed by atoms with Gasteiger partial charge in [0.05, 0.1) is 6.20 Å². The van der Waals surface area contributed by atoms with Gasteiger partial charge in [-0.05, 0) is 64.6 Å². The Hall–Kier alpha value is -3.14. The Morgan fingerprint density at radius 3 is 2.08 bits per heavy atom. The topological polar surface area (TPSA) is 111 Å². The monoisotopic (exact) mass is 708 g/mol. The number of anilines is 1. The number of pyridine rings is 1. The summed E-state index contributed by atoms with van der Waals surface area (Å²) in [4.78, 5) is 38.3. The van der Waals surface area contributed by atoms with Crippen molar-refractivity contribution < 1.29 is 23.8 Å². The molecule has 2 bridgehead atoms. The standard InChI is InChI=1S/C36H56N6O5Si2/c1-36(2,3)47-35(44)41-29-12-13-30(41)19-27(18-29)32-20-33(40(24-45-14-16-48(4,5)6)25-46-15-17-49(7,8)9)42-34(39-32)31(22-38-42)26-10-11-28(23-43)37-21-26/h10-11,20-23,27,29-30H,12-19,24-25H2,1-9H3/t27-,29+,30-. The Labute approximate surface area is 293 Å². The van der Waals surface area contributed by atoms with Crippen LogP contribution in [0.4, 0.5) is 10.6 Å². The van der Waals surface area contributed by atoms with Gasteiger partial charge < -0.3 is 24.0 Å². The molecular weight excluding hydrogens is 653 g/mol. The number of ether oxygens (including phenoxy) is 3. The van der Waals surface area contributed by atoms with Crippen molar-refractivity contribution in [2.24, 2.45) is 0 Å². The largest absolute Gasteiger partial charge is 0.444 e. The van der Waals surface area contributed by atoms with Gasteiger partial charge in [0.1, 0.15) is 30.6 Å². The van der Waals surface area contributed by atoms with E-state index in [1.165, 1.54) is 0 Å². The van der Waals surface area contributed by atoms with Crippen molar-refractivity contribution in [2.75, 3.05) is 31.6 Å². The first-order chi connectivity index (χ1) is 23.0. The minimum atomic E-state index is -1.27. The summed E-state index contributed by atoms with van der Waals surface area (Å²) in [6.07, 6.45) is 7.60. The number of carbonyl (C=O) groups is 2. The maximum Gasteiger partial charge on any atom is 0.410 e. The van der Waals surface area contributed by atoms with E-state index >= 15 is 0 Å². The molecule has 2 aliphatic heterocycles. The van der Waals surface area contributed by atoms with Gasteiger partial charge >= 0.3 is 6.09 Å². The molecule has 13 heteroatoms. The second kappa shape index (κ2) is 15.0. The second-order valence-electron chi connectivity index (χ2n) is 17.1. The quantitative estimate of drug-likeness (QED) is 0.0721. The van der Waals surface area contributed by atoms with Crippen LogP contribution in [0.1, 0.15) is 68.6 Å². The molecule has 0 saturated carbocycles. The van der Waals surface area contributed by atoms with Gasteiger partial charge in [0.25, 0.3) is 0 Å². The molecule has 268 valence electrons. The van der Waals surface area contributed by atoms with Crippen molar-refractivity contribution in [1.29, 1.82) is 0 Å². The van der Waals surface area contributed by atoms with Crippen LogP contribution >= 0.6 is 0 Å². The van der Waals surface area contributed by atoms with Crippen molar-refractivity contribution in [1.82, 2.24) is 24.5 Å². The van der Waals surface area contributed by atoms with E-state index in [0.29, 0.717) is 38.0 Å². The first kappa shape index (κ1) is 37.1. The zero-order valence-corrected chi connectivity index (χ0v) is 33.0. The molecule has 0 unspecified atom stereocenters. The summed E-state index contributed by atoms with van der Waals surface area (Å²) in [6, 6.07) is 8.11. The Bertz CT molecular complexity index is 1560. The molecule has 0 spiro atoms. The molecule has 5 heterocycles. The van der Waals surface area contributed by atoms with Gasteiger partial charge in [-0.1, -0.05) is 45.3 Å². The normalized spacial score (nSPS) is 19.8. The van der Waals surface area contributed by atoms with E-state index in [9.17, 15) is 9.59 Å². The third kappa shape index (κ3) is 9.77. The third-order valence-electron chi connectivity index (χ3n) is 9.26. The van der Waals surface area contributed by atoms with Gasteiger partial charge in [-0.25, -0.2) is 9.78 Å². The van der Waals surface area contributed by atoms with Crippen LogP contribution in [0.5, 0.6) is 0 Å². The van der Waals surface area contributed by atoms with Crippen molar-refractivity contribution in [3.8, 4) is 11.1 Å². The number of amides is 1. The molecule has 0 aromatic carbocycles. The van der Waals surface area contributed by atoms with Crippen molar-refractivity contribution >= 4 is 40.0 Å². The lowest BCUT2D eigenvalue weighted by Gasteiger charge is -2.39. The molecule has 3 atom stereocenters. The van der Waals surface area contributed by atoms with E-state index in [0.717, 1.165) is 66.7 Å². The molecule has 1 amide bonds. The fourth-order valence-electron chi connectivity index (χ4n) is 6.54. The molecule has 0 N–H and O–H groups in total. The number of nitrogens with zero attached hydrogens (tertiary/aromatic N) is 6. The van der Waals surface area contributed by atoms with Gasteiger partial charge in [0.2, 0.25) is 0 Å². The average molecular weight is 709 g/mol. The number of fused-ring (bicyclic) bond motifs is 3. The van der Waals surface area contributed by atoms with Crippen LogP contribution in [0, 0.1) is 0 Å². The van der Waals surface area contributed by atoms with Crippen LogP contribution in [0.2, 0.25) is 51.4 Å². The molecule has 2 saturated heterocycles. The summed E-state index contributed by atoms with van der Waals surface area (Å²) in [5.74, 6) is 1.01. The van der Waals surface area contributed by atoms with Crippen LogP contribution in [0.3, 0.4) is 0 Å². The van der Waals surface area contributed by atoms with Gasteiger partial charge in [-0.15, -0.1) is 0 Å². The SMILES string of the molecule is CC(C)(C)OC(=O)N1[C@@H]2CC[C@H]1C[C@@H](c1cc(N(COCC[Si](C)(C)C)COCC[Si](C)(C)C)n3ncc(-c4ccc(C=O)nc4)c3n1)C2. The summed E-state index contributed by atoms with van der Waals surface area (Å²) in [7, 11) is -2.55. The van der Waals surface area contributed by atoms with Crippen molar-refractivity contribution in [3.05, 3.63) is 42.0 Å². The second-order valence-corrected chi connectivity index (χ2v) is 28.3. The lowest BCUT2D eigenvalue weighted by Crippen LogP contribution is -2.48. The maximum absolute atomic E-state index is 13.2. The number of hydrogen-bond donors (Lipinski definition) is 0. The highest BCUT2D eigenvalue weighted by Gasteiger charge is 2.45. The maximum atomic E-state index is 13.2. The lowest BCUT2D eigenvalue weighted by molar-refractivity contribution is 0.00568. The van der Waals surface area contributed by atoms with E-state index in [4.69, 9.17) is 24.3 Å². The molecular formula is C36H56N6O5Si2. The lowest BCUT2D eigenvalue weighted by atomic mass is 9.88. The highest BCUT2D eigenvalue weighted by molar-refractivity contribution is 6.76. The minimum Gasteiger partial charge on any atom is -0.444 e. The summed E-state index contributed by atoms with van der Waals surface area (Å²) >= 11 is 0. The number of carbonyl (C=O) groups excluding carboxylic acids is 2. The molecule has 2 aliphatic rings. The first-order valence-corrected chi connectivity index (χ1v) is 25.1. The van der Waals surface area contributed by atoms with Gasteiger partial charge in [-0.2, -0.15) is 9.61 Å². The van der Waals surface area contributed by atoms with Crippen LogP contribution in [0.25, 0.3) is 16.8 Å². The molecule has 2 fully saturated rings. The van der Waals surface area contributed by atoms with Crippen LogP contribution in [0.15, 0.2) is 30.6 Å². The molecule has 5 rings (SSSR count). The highest BCUT2D eigenvalue weighted by Crippen LogP contribution is 2.44. The van der Waals surface area contributed by atoms with E-state index in [1.54, 1.807) is 12.3 Å². The van der Waals surface area contributed by atoms with Crippen molar-refractivity contribution in [3.63, 3.8) is 0 Å². The predicted molar refractivity (Wildman–Crippen MR) is 199 cm³/mol.